The molecule has 1 aliphatic carbocycles. The number of hydrogen-bond donors (Lipinski definition) is 0. The van der Waals surface area contributed by atoms with Gasteiger partial charge in [0.15, 0.2) is 0 Å². The largest absolute Gasteiger partial charge is 0.338 e. The Hall–Kier alpha value is -1.58. The van der Waals surface area contributed by atoms with E-state index >= 15 is 0 Å². The molecule has 1 saturated heterocycles. The standard InChI is InChI=1S/C15H21N3O/c19-15(13-6-2-1-3-7-13)18-11-4-8-14(18)12-17-10-5-9-16-17/h1-2,5,9-10,13-14H,3-4,6-8,11-12H2/t13-,14-/m1/s1. The fraction of sp³-hybridized carbons (Fsp3) is 0.600. The molecule has 0 saturated carbocycles. The Morgan fingerprint density at radius 2 is 2.26 bits per heavy atom. The van der Waals surface area contributed by atoms with Crippen molar-refractivity contribution in [3.05, 3.63) is 30.6 Å². The highest BCUT2D eigenvalue weighted by atomic mass is 16.2. The number of aromatic nitrogens is 2. The van der Waals surface area contributed by atoms with Crippen LogP contribution in [0.4, 0.5) is 0 Å². The van der Waals surface area contributed by atoms with Gasteiger partial charge in [-0.05, 0) is 38.2 Å². The first kappa shape index (κ1) is 12.5. The number of hydrogen-bond acceptors (Lipinski definition) is 2. The average Bonchev–Trinajstić information content (AvgIpc) is 3.11. The van der Waals surface area contributed by atoms with Gasteiger partial charge in [-0.15, -0.1) is 0 Å². The Morgan fingerprint density at radius 1 is 1.32 bits per heavy atom. The predicted molar refractivity (Wildman–Crippen MR) is 73.4 cm³/mol. The Bertz CT molecular complexity index is 452. The Kier molecular flexibility index (Phi) is 3.67. The SMILES string of the molecule is O=C([C@@H]1CC=CCC1)N1CCC[C@@H]1Cn1cccn1. The molecular weight excluding hydrogens is 238 g/mol. The van der Waals surface area contributed by atoms with E-state index in [1.807, 2.05) is 16.9 Å². The van der Waals surface area contributed by atoms with E-state index in [1.54, 1.807) is 6.20 Å². The molecule has 102 valence electrons. The molecule has 1 aromatic rings. The van der Waals surface area contributed by atoms with Crippen molar-refractivity contribution < 1.29 is 4.79 Å². The van der Waals surface area contributed by atoms with Crippen molar-refractivity contribution in [2.75, 3.05) is 6.54 Å². The monoisotopic (exact) mass is 259 g/mol. The summed E-state index contributed by atoms with van der Waals surface area (Å²) in [5, 5.41) is 4.25. The van der Waals surface area contributed by atoms with Gasteiger partial charge >= 0.3 is 0 Å². The molecule has 1 amide bonds. The highest BCUT2D eigenvalue weighted by Crippen LogP contribution is 2.26. The predicted octanol–water partition coefficient (Wildman–Crippen LogP) is 2.23. The highest BCUT2D eigenvalue weighted by Gasteiger charge is 2.33. The third-order valence-corrected chi connectivity index (χ3v) is 4.24. The number of rotatable bonds is 3. The first-order chi connectivity index (χ1) is 9.34. The van der Waals surface area contributed by atoms with Crippen LogP contribution in [0.5, 0.6) is 0 Å². The van der Waals surface area contributed by atoms with Gasteiger partial charge in [0.1, 0.15) is 0 Å². The maximum atomic E-state index is 12.6. The number of allylic oxidation sites excluding steroid dienone is 2. The molecule has 1 fully saturated rings. The van der Waals surface area contributed by atoms with Gasteiger partial charge in [0.2, 0.25) is 5.91 Å². The molecule has 0 radical (unpaired) electrons. The second-order valence-electron chi connectivity index (χ2n) is 5.54. The smallest absolute Gasteiger partial charge is 0.226 e. The normalized spacial score (nSPS) is 26.8. The molecule has 0 bridgehead atoms. The van der Waals surface area contributed by atoms with Gasteiger partial charge in [-0.2, -0.15) is 5.10 Å². The number of amides is 1. The van der Waals surface area contributed by atoms with Crippen molar-refractivity contribution in [3.8, 4) is 0 Å². The van der Waals surface area contributed by atoms with Gasteiger partial charge in [0, 0.05) is 24.9 Å². The lowest BCUT2D eigenvalue weighted by Crippen LogP contribution is -2.41. The van der Waals surface area contributed by atoms with Crippen LogP contribution in [0.25, 0.3) is 0 Å². The number of carbonyl (C=O) groups excluding carboxylic acids is 1. The maximum Gasteiger partial charge on any atom is 0.226 e. The van der Waals surface area contributed by atoms with Crippen LogP contribution in [0.2, 0.25) is 0 Å². The fourth-order valence-electron chi connectivity index (χ4n) is 3.19. The van der Waals surface area contributed by atoms with E-state index in [0.717, 1.165) is 45.2 Å². The molecule has 19 heavy (non-hydrogen) atoms. The van der Waals surface area contributed by atoms with Gasteiger partial charge in [-0.25, -0.2) is 0 Å². The zero-order valence-electron chi connectivity index (χ0n) is 11.2. The van der Waals surface area contributed by atoms with Crippen LogP contribution in [0.3, 0.4) is 0 Å². The lowest BCUT2D eigenvalue weighted by Gasteiger charge is -2.29. The Morgan fingerprint density at radius 3 is 3.00 bits per heavy atom. The van der Waals surface area contributed by atoms with Crippen molar-refractivity contribution in [1.82, 2.24) is 14.7 Å². The quantitative estimate of drug-likeness (QED) is 0.781. The van der Waals surface area contributed by atoms with Crippen LogP contribution in [0.1, 0.15) is 32.1 Å². The van der Waals surface area contributed by atoms with Crippen molar-refractivity contribution in [2.45, 2.75) is 44.7 Å². The molecular formula is C15H21N3O. The average molecular weight is 259 g/mol. The summed E-state index contributed by atoms with van der Waals surface area (Å²) in [5.74, 6) is 0.572. The van der Waals surface area contributed by atoms with Crippen molar-refractivity contribution in [2.24, 2.45) is 5.92 Å². The zero-order valence-corrected chi connectivity index (χ0v) is 11.2. The summed E-state index contributed by atoms with van der Waals surface area (Å²) in [6.07, 6.45) is 13.3. The summed E-state index contributed by atoms with van der Waals surface area (Å²) in [6, 6.07) is 2.27. The number of carbonyl (C=O) groups is 1. The van der Waals surface area contributed by atoms with Crippen molar-refractivity contribution in [1.29, 1.82) is 0 Å². The van der Waals surface area contributed by atoms with E-state index in [2.05, 4.69) is 22.2 Å². The van der Waals surface area contributed by atoms with Gasteiger partial charge in [-0.3, -0.25) is 9.48 Å². The molecule has 2 atom stereocenters. The molecule has 3 rings (SSSR count). The second kappa shape index (κ2) is 5.59. The first-order valence-electron chi connectivity index (χ1n) is 7.27. The summed E-state index contributed by atoms with van der Waals surface area (Å²) >= 11 is 0. The summed E-state index contributed by atoms with van der Waals surface area (Å²) < 4.78 is 1.94. The van der Waals surface area contributed by atoms with E-state index < -0.39 is 0 Å². The van der Waals surface area contributed by atoms with Crippen LogP contribution in [-0.4, -0.2) is 33.2 Å². The molecule has 4 nitrogen and oxygen atoms in total. The topological polar surface area (TPSA) is 38.1 Å². The zero-order chi connectivity index (χ0) is 13.1. The number of nitrogens with zero attached hydrogens (tertiary/aromatic N) is 3. The van der Waals surface area contributed by atoms with Gasteiger partial charge in [0.25, 0.3) is 0 Å². The van der Waals surface area contributed by atoms with Crippen LogP contribution in [0, 0.1) is 5.92 Å². The van der Waals surface area contributed by atoms with Crippen LogP contribution in [0.15, 0.2) is 30.6 Å². The highest BCUT2D eigenvalue weighted by molar-refractivity contribution is 5.79. The van der Waals surface area contributed by atoms with E-state index in [9.17, 15) is 4.79 Å². The van der Waals surface area contributed by atoms with Crippen LogP contribution >= 0.6 is 0 Å². The van der Waals surface area contributed by atoms with E-state index in [1.165, 1.54) is 0 Å². The molecule has 1 aromatic heterocycles. The lowest BCUT2D eigenvalue weighted by atomic mass is 9.93. The summed E-state index contributed by atoms with van der Waals surface area (Å²) in [5.41, 5.74) is 0. The van der Waals surface area contributed by atoms with Crippen molar-refractivity contribution >= 4 is 5.91 Å². The third kappa shape index (κ3) is 2.72. The molecule has 2 aliphatic rings. The minimum Gasteiger partial charge on any atom is -0.338 e. The van der Waals surface area contributed by atoms with Gasteiger partial charge in [-0.1, -0.05) is 12.2 Å². The fourth-order valence-corrected chi connectivity index (χ4v) is 3.19. The summed E-state index contributed by atoms with van der Waals surface area (Å²) in [7, 11) is 0. The number of likely N-dealkylation sites (tertiary alicyclic amines) is 1. The van der Waals surface area contributed by atoms with Crippen LogP contribution < -0.4 is 0 Å². The molecule has 4 heteroatoms. The molecule has 0 unspecified atom stereocenters. The first-order valence-corrected chi connectivity index (χ1v) is 7.27. The lowest BCUT2D eigenvalue weighted by molar-refractivity contribution is -0.136. The third-order valence-electron chi connectivity index (χ3n) is 4.24. The molecule has 0 N–H and O–H groups in total. The molecule has 1 aliphatic heterocycles. The Labute approximate surface area is 114 Å². The minimum absolute atomic E-state index is 0.211. The van der Waals surface area contributed by atoms with Gasteiger partial charge < -0.3 is 4.90 Å². The molecule has 0 aromatic carbocycles. The molecule has 0 spiro atoms. The molecule has 2 heterocycles. The van der Waals surface area contributed by atoms with E-state index in [0.29, 0.717) is 11.9 Å². The minimum atomic E-state index is 0.211. The Balaban J connectivity index is 1.65. The second-order valence-corrected chi connectivity index (χ2v) is 5.54. The van der Waals surface area contributed by atoms with E-state index in [-0.39, 0.29) is 5.92 Å². The maximum absolute atomic E-state index is 12.6. The van der Waals surface area contributed by atoms with E-state index in [4.69, 9.17) is 0 Å². The van der Waals surface area contributed by atoms with Gasteiger partial charge in [0.05, 0.1) is 12.6 Å². The van der Waals surface area contributed by atoms with Crippen LogP contribution in [-0.2, 0) is 11.3 Å². The summed E-state index contributed by atoms with van der Waals surface area (Å²) in [4.78, 5) is 14.7. The summed E-state index contributed by atoms with van der Waals surface area (Å²) in [6.45, 7) is 1.76. The van der Waals surface area contributed by atoms with Crippen molar-refractivity contribution in [3.63, 3.8) is 0 Å².